The molecule has 0 bridgehead atoms. The summed E-state index contributed by atoms with van der Waals surface area (Å²) < 4.78 is 5.17. The number of rotatable bonds is 4. The molecule has 0 saturated heterocycles. The molecule has 0 aliphatic heterocycles. The molecule has 24 heavy (non-hydrogen) atoms. The average Bonchev–Trinajstić information content (AvgIpc) is 3.11. The Morgan fingerprint density at radius 2 is 1.75 bits per heavy atom. The van der Waals surface area contributed by atoms with E-state index < -0.39 is 0 Å². The summed E-state index contributed by atoms with van der Waals surface area (Å²) >= 11 is 1.45. The third-order valence-corrected chi connectivity index (χ3v) is 4.69. The van der Waals surface area contributed by atoms with Gasteiger partial charge >= 0.3 is 0 Å². The van der Waals surface area contributed by atoms with Gasteiger partial charge in [0.25, 0.3) is 5.91 Å². The molecular weight excluding hydrogens is 320 g/mol. The van der Waals surface area contributed by atoms with Crippen molar-refractivity contribution in [1.29, 1.82) is 0 Å². The lowest BCUT2D eigenvalue weighted by atomic mass is 10.1. The van der Waals surface area contributed by atoms with Crippen LogP contribution in [-0.2, 0) is 0 Å². The Kier molecular flexibility index (Phi) is 4.62. The maximum Gasteiger partial charge on any atom is 0.259 e. The molecule has 0 atom stereocenters. The van der Waals surface area contributed by atoms with Gasteiger partial charge < -0.3 is 4.74 Å². The van der Waals surface area contributed by atoms with E-state index in [0.717, 1.165) is 22.6 Å². The second-order valence-electron chi connectivity index (χ2n) is 5.47. The molecule has 0 radical (unpaired) electrons. The summed E-state index contributed by atoms with van der Waals surface area (Å²) in [4.78, 5) is 18.7. The average molecular weight is 338 g/mol. The summed E-state index contributed by atoms with van der Waals surface area (Å²) in [6.45, 7) is 2.00. The van der Waals surface area contributed by atoms with Gasteiger partial charge in [-0.3, -0.25) is 9.69 Å². The summed E-state index contributed by atoms with van der Waals surface area (Å²) in [6, 6.07) is 15.3. The van der Waals surface area contributed by atoms with E-state index in [2.05, 4.69) is 4.98 Å². The minimum Gasteiger partial charge on any atom is -0.497 e. The number of aromatic nitrogens is 1. The van der Waals surface area contributed by atoms with Crippen molar-refractivity contribution in [3.8, 4) is 17.0 Å². The van der Waals surface area contributed by atoms with Crippen molar-refractivity contribution >= 4 is 22.4 Å². The lowest BCUT2D eigenvalue weighted by molar-refractivity contribution is 0.0993. The van der Waals surface area contributed by atoms with E-state index in [4.69, 9.17) is 4.74 Å². The van der Waals surface area contributed by atoms with Crippen LogP contribution < -0.4 is 9.64 Å². The zero-order valence-electron chi connectivity index (χ0n) is 13.8. The summed E-state index contributed by atoms with van der Waals surface area (Å²) in [5, 5.41) is 2.63. The molecule has 122 valence electrons. The van der Waals surface area contributed by atoms with Gasteiger partial charge in [0.2, 0.25) is 0 Å². The molecule has 0 aliphatic rings. The van der Waals surface area contributed by atoms with Crippen molar-refractivity contribution in [3.05, 3.63) is 65.0 Å². The van der Waals surface area contributed by atoms with Gasteiger partial charge in [-0.15, -0.1) is 11.3 Å². The molecule has 1 heterocycles. The van der Waals surface area contributed by atoms with Crippen LogP contribution in [0.2, 0.25) is 0 Å². The highest BCUT2D eigenvalue weighted by atomic mass is 32.1. The van der Waals surface area contributed by atoms with E-state index in [-0.39, 0.29) is 5.91 Å². The van der Waals surface area contributed by atoms with Crippen LogP contribution >= 0.6 is 11.3 Å². The molecule has 0 fully saturated rings. The quantitative estimate of drug-likeness (QED) is 0.708. The standard InChI is InChI=1S/C19H18N2O2S/c1-13-4-6-15(7-5-13)18(22)21(2)19-20-17(12-24-19)14-8-10-16(23-3)11-9-14/h4-12H,1-3H3. The molecule has 0 N–H and O–H groups in total. The lowest BCUT2D eigenvalue weighted by Crippen LogP contribution is -2.26. The Balaban J connectivity index is 1.81. The van der Waals surface area contributed by atoms with Crippen molar-refractivity contribution in [2.45, 2.75) is 6.92 Å². The molecule has 4 nitrogen and oxygen atoms in total. The first-order chi connectivity index (χ1) is 11.6. The number of hydrogen-bond donors (Lipinski definition) is 0. The highest BCUT2D eigenvalue weighted by molar-refractivity contribution is 7.14. The van der Waals surface area contributed by atoms with Crippen molar-refractivity contribution in [1.82, 2.24) is 4.98 Å². The van der Waals surface area contributed by atoms with Gasteiger partial charge in [0.05, 0.1) is 12.8 Å². The number of benzene rings is 2. The molecule has 3 rings (SSSR count). The second kappa shape index (κ2) is 6.84. The minimum atomic E-state index is -0.0642. The lowest BCUT2D eigenvalue weighted by Gasteiger charge is -2.13. The Morgan fingerprint density at radius 3 is 2.38 bits per heavy atom. The van der Waals surface area contributed by atoms with Crippen LogP contribution in [0.15, 0.2) is 53.9 Å². The third-order valence-electron chi connectivity index (χ3n) is 3.77. The summed E-state index contributed by atoms with van der Waals surface area (Å²) in [7, 11) is 3.39. The molecule has 1 aromatic heterocycles. The van der Waals surface area contributed by atoms with E-state index >= 15 is 0 Å². The van der Waals surface area contributed by atoms with Gasteiger partial charge in [-0.1, -0.05) is 17.7 Å². The van der Waals surface area contributed by atoms with Crippen molar-refractivity contribution < 1.29 is 9.53 Å². The SMILES string of the molecule is COc1ccc(-c2csc(N(C)C(=O)c3ccc(C)cc3)n2)cc1. The molecule has 0 unspecified atom stereocenters. The number of ether oxygens (including phenoxy) is 1. The van der Waals surface area contributed by atoms with Crippen molar-refractivity contribution in [2.75, 3.05) is 19.1 Å². The van der Waals surface area contributed by atoms with E-state index in [9.17, 15) is 4.79 Å². The van der Waals surface area contributed by atoms with E-state index in [1.54, 1.807) is 19.1 Å². The molecule has 0 saturated carbocycles. The van der Waals surface area contributed by atoms with E-state index in [0.29, 0.717) is 10.7 Å². The van der Waals surface area contributed by atoms with Crippen LogP contribution in [0.1, 0.15) is 15.9 Å². The fourth-order valence-electron chi connectivity index (χ4n) is 2.29. The van der Waals surface area contributed by atoms with Crippen LogP contribution in [0.25, 0.3) is 11.3 Å². The molecule has 2 aromatic carbocycles. The maximum absolute atomic E-state index is 12.6. The number of carbonyl (C=O) groups is 1. The summed E-state index contributed by atoms with van der Waals surface area (Å²) in [5.41, 5.74) is 3.63. The molecule has 0 aliphatic carbocycles. The van der Waals surface area contributed by atoms with Gasteiger partial charge in [0, 0.05) is 23.6 Å². The topological polar surface area (TPSA) is 42.4 Å². The molecule has 3 aromatic rings. The Hall–Kier alpha value is -2.66. The minimum absolute atomic E-state index is 0.0642. The molecule has 0 spiro atoms. The van der Waals surface area contributed by atoms with Crippen molar-refractivity contribution in [3.63, 3.8) is 0 Å². The van der Waals surface area contributed by atoms with Gasteiger partial charge in [-0.25, -0.2) is 4.98 Å². The number of anilines is 1. The second-order valence-corrected chi connectivity index (χ2v) is 6.31. The number of carbonyl (C=O) groups excluding carboxylic acids is 1. The first kappa shape index (κ1) is 16.2. The Morgan fingerprint density at radius 1 is 1.08 bits per heavy atom. The number of amides is 1. The Bertz CT molecular complexity index is 839. The first-order valence-corrected chi connectivity index (χ1v) is 8.41. The highest BCUT2D eigenvalue weighted by Crippen LogP contribution is 2.28. The number of aryl methyl sites for hydroxylation is 1. The first-order valence-electron chi connectivity index (χ1n) is 7.53. The van der Waals surface area contributed by atoms with E-state index in [1.807, 2.05) is 60.8 Å². The largest absolute Gasteiger partial charge is 0.497 e. The third kappa shape index (κ3) is 3.31. The summed E-state index contributed by atoms with van der Waals surface area (Å²) in [6.07, 6.45) is 0. The zero-order chi connectivity index (χ0) is 17.1. The fraction of sp³-hybridized carbons (Fsp3) is 0.158. The number of methoxy groups -OCH3 is 1. The fourth-order valence-corrected chi connectivity index (χ4v) is 3.09. The predicted molar refractivity (Wildman–Crippen MR) is 98.0 cm³/mol. The maximum atomic E-state index is 12.6. The van der Waals surface area contributed by atoms with Gasteiger partial charge in [-0.05, 0) is 43.3 Å². The predicted octanol–water partition coefficient (Wildman–Crippen LogP) is 4.40. The van der Waals surface area contributed by atoms with Crippen LogP contribution in [-0.4, -0.2) is 25.0 Å². The van der Waals surface area contributed by atoms with Crippen LogP contribution in [0.5, 0.6) is 5.75 Å². The van der Waals surface area contributed by atoms with Gasteiger partial charge in [0.15, 0.2) is 5.13 Å². The van der Waals surface area contributed by atoms with Crippen LogP contribution in [0.4, 0.5) is 5.13 Å². The zero-order valence-corrected chi connectivity index (χ0v) is 14.6. The number of thiazole rings is 1. The molecule has 1 amide bonds. The normalized spacial score (nSPS) is 10.5. The van der Waals surface area contributed by atoms with Crippen LogP contribution in [0, 0.1) is 6.92 Å². The number of nitrogens with zero attached hydrogens (tertiary/aromatic N) is 2. The van der Waals surface area contributed by atoms with Gasteiger partial charge in [-0.2, -0.15) is 0 Å². The van der Waals surface area contributed by atoms with Crippen LogP contribution in [0.3, 0.4) is 0 Å². The highest BCUT2D eigenvalue weighted by Gasteiger charge is 2.17. The van der Waals surface area contributed by atoms with E-state index in [1.165, 1.54) is 11.3 Å². The summed E-state index contributed by atoms with van der Waals surface area (Å²) in [5.74, 6) is 0.742. The molecule has 5 heteroatoms. The van der Waals surface area contributed by atoms with Crippen molar-refractivity contribution in [2.24, 2.45) is 0 Å². The molecular formula is C19H18N2O2S. The smallest absolute Gasteiger partial charge is 0.259 e. The number of hydrogen-bond acceptors (Lipinski definition) is 4. The Labute approximate surface area is 145 Å². The van der Waals surface area contributed by atoms with Gasteiger partial charge in [0.1, 0.15) is 5.75 Å². The monoisotopic (exact) mass is 338 g/mol.